The van der Waals surface area contributed by atoms with E-state index >= 15 is 0 Å². The van der Waals surface area contributed by atoms with Crippen LogP contribution in [0, 0.1) is 6.92 Å². The average Bonchev–Trinajstić information content (AvgIpc) is 2.51. The van der Waals surface area contributed by atoms with Crippen LogP contribution in [0.4, 0.5) is 0 Å². The first-order valence-corrected chi connectivity index (χ1v) is 9.14. The Hall–Kier alpha value is -1.06. The summed E-state index contributed by atoms with van der Waals surface area (Å²) in [6, 6.07) is 16.2. The Kier molecular flexibility index (Phi) is 5.65. The molecule has 0 fully saturated rings. The van der Waals surface area contributed by atoms with Gasteiger partial charge in [-0.05, 0) is 30.7 Å². The van der Waals surface area contributed by atoms with Crippen molar-refractivity contribution in [2.24, 2.45) is 0 Å². The van der Waals surface area contributed by atoms with Crippen molar-refractivity contribution in [2.75, 3.05) is 14.2 Å². The standard InChI is InChI=1S/C16H19O3PS/c1-13-8-10-15(11-9-13)21-16-7-5-4-6-14(16)12-20(17,18-2)19-3/h4-11H,12H2,1-3H3. The van der Waals surface area contributed by atoms with E-state index in [0.717, 1.165) is 15.4 Å². The van der Waals surface area contributed by atoms with Crippen LogP contribution >= 0.6 is 19.4 Å². The van der Waals surface area contributed by atoms with Gasteiger partial charge in [0.2, 0.25) is 0 Å². The number of rotatable bonds is 6. The van der Waals surface area contributed by atoms with E-state index in [0.29, 0.717) is 0 Å². The Morgan fingerprint density at radius 3 is 2.24 bits per heavy atom. The molecule has 0 amide bonds. The second-order valence-corrected chi connectivity index (χ2v) is 8.04. The lowest BCUT2D eigenvalue weighted by molar-refractivity contribution is 0.274. The van der Waals surface area contributed by atoms with E-state index in [2.05, 4.69) is 31.2 Å². The van der Waals surface area contributed by atoms with E-state index < -0.39 is 7.60 Å². The summed E-state index contributed by atoms with van der Waals surface area (Å²) in [5.41, 5.74) is 2.20. The van der Waals surface area contributed by atoms with Crippen LogP contribution < -0.4 is 0 Å². The van der Waals surface area contributed by atoms with Gasteiger partial charge < -0.3 is 9.05 Å². The van der Waals surface area contributed by atoms with Crippen molar-refractivity contribution in [1.29, 1.82) is 0 Å². The molecule has 0 N–H and O–H groups in total. The number of aryl methyl sites for hydroxylation is 1. The SMILES string of the molecule is COP(=O)(Cc1ccccc1Sc1ccc(C)cc1)OC. The molecular weight excluding hydrogens is 303 g/mol. The highest BCUT2D eigenvalue weighted by Crippen LogP contribution is 2.51. The molecule has 0 spiro atoms. The highest BCUT2D eigenvalue weighted by molar-refractivity contribution is 7.99. The largest absolute Gasteiger partial charge is 0.334 e. The van der Waals surface area contributed by atoms with Gasteiger partial charge in [0.15, 0.2) is 0 Å². The quantitative estimate of drug-likeness (QED) is 0.691. The van der Waals surface area contributed by atoms with Crippen LogP contribution in [-0.4, -0.2) is 14.2 Å². The smallest absolute Gasteiger partial charge is 0.312 e. The van der Waals surface area contributed by atoms with Crippen molar-refractivity contribution in [2.45, 2.75) is 22.9 Å². The number of hydrogen-bond donors (Lipinski definition) is 0. The lowest BCUT2D eigenvalue weighted by Gasteiger charge is -2.15. The maximum Gasteiger partial charge on any atom is 0.334 e. The Morgan fingerprint density at radius 1 is 1.00 bits per heavy atom. The summed E-state index contributed by atoms with van der Waals surface area (Å²) >= 11 is 1.65. The maximum absolute atomic E-state index is 12.3. The molecule has 0 aliphatic carbocycles. The minimum atomic E-state index is -3.06. The minimum Gasteiger partial charge on any atom is -0.312 e. The van der Waals surface area contributed by atoms with Crippen molar-refractivity contribution in [3.05, 3.63) is 59.7 Å². The molecule has 2 rings (SSSR count). The molecule has 0 radical (unpaired) electrons. The van der Waals surface area contributed by atoms with E-state index in [4.69, 9.17) is 9.05 Å². The third-order valence-corrected chi connectivity index (χ3v) is 6.11. The van der Waals surface area contributed by atoms with Crippen molar-refractivity contribution < 1.29 is 13.6 Å². The lowest BCUT2D eigenvalue weighted by Crippen LogP contribution is -1.95. The van der Waals surface area contributed by atoms with E-state index in [-0.39, 0.29) is 6.16 Å². The van der Waals surface area contributed by atoms with E-state index in [9.17, 15) is 4.57 Å². The number of benzene rings is 2. The van der Waals surface area contributed by atoms with Crippen molar-refractivity contribution in [3.8, 4) is 0 Å². The second-order valence-electron chi connectivity index (χ2n) is 4.66. The molecular formula is C16H19O3PS. The summed E-state index contributed by atoms with van der Waals surface area (Å²) < 4.78 is 22.4. The van der Waals surface area contributed by atoms with Crippen LogP contribution in [0.3, 0.4) is 0 Å². The van der Waals surface area contributed by atoms with E-state index in [1.807, 2.05) is 24.3 Å². The van der Waals surface area contributed by atoms with Gasteiger partial charge >= 0.3 is 7.60 Å². The van der Waals surface area contributed by atoms with Crippen LogP contribution in [0.15, 0.2) is 58.3 Å². The Balaban J connectivity index is 2.24. The van der Waals surface area contributed by atoms with Crippen LogP contribution in [0.2, 0.25) is 0 Å². The first-order valence-electron chi connectivity index (χ1n) is 6.59. The van der Waals surface area contributed by atoms with Crippen LogP contribution in [0.25, 0.3) is 0 Å². The molecule has 0 saturated carbocycles. The fraction of sp³-hybridized carbons (Fsp3) is 0.250. The van der Waals surface area contributed by atoms with Gasteiger partial charge in [-0.2, -0.15) is 0 Å². The van der Waals surface area contributed by atoms with Crippen LogP contribution in [0.5, 0.6) is 0 Å². The first-order chi connectivity index (χ1) is 10.1. The van der Waals surface area contributed by atoms with E-state index in [1.54, 1.807) is 11.8 Å². The molecule has 2 aromatic carbocycles. The number of hydrogen-bond acceptors (Lipinski definition) is 4. The molecule has 0 unspecified atom stereocenters. The first kappa shape index (κ1) is 16.3. The molecule has 0 aliphatic heterocycles. The molecule has 21 heavy (non-hydrogen) atoms. The van der Waals surface area contributed by atoms with Gasteiger partial charge in [-0.3, -0.25) is 4.57 Å². The fourth-order valence-electron chi connectivity index (χ4n) is 1.88. The highest BCUT2D eigenvalue weighted by Gasteiger charge is 2.23. The minimum absolute atomic E-state index is 0.273. The summed E-state index contributed by atoms with van der Waals surface area (Å²) in [6.07, 6.45) is 0.273. The predicted octanol–water partition coefficient (Wildman–Crippen LogP) is 5.13. The van der Waals surface area contributed by atoms with E-state index in [1.165, 1.54) is 19.8 Å². The molecule has 3 nitrogen and oxygen atoms in total. The molecule has 0 heterocycles. The van der Waals surface area contributed by atoms with Crippen molar-refractivity contribution in [3.63, 3.8) is 0 Å². The second kappa shape index (κ2) is 7.28. The molecule has 0 bridgehead atoms. The zero-order chi connectivity index (χ0) is 15.3. The van der Waals surface area contributed by atoms with Gasteiger partial charge in [0.05, 0.1) is 6.16 Å². The molecule has 112 valence electrons. The topological polar surface area (TPSA) is 35.5 Å². The third-order valence-electron chi connectivity index (χ3n) is 3.14. The molecule has 0 atom stereocenters. The van der Waals surface area contributed by atoms with Crippen LogP contribution in [-0.2, 0) is 19.8 Å². The monoisotopic (exact) mass is 322 g/mol. The zero-order valence-corrected chi connectivity index (χ0v) is 14.1. The molecule has 5 heteroatoms. The third kappa shape index (κ3) is 4.45. The highest BCUT2D eigenvalue weighted by atomic mass is 32.2. The molecule has 0 aliphatic rings. The molecule has 2 aromatic rings. The van der Waals surface area contributed by atoms with Crippen LogP contribution in [0.1, 0.15) is 11.1 Å². The maximum atomic E-state index is 12.3. The van der Waals surface area contributed by atoms with Crippen molar-refractivity contribution >= 4 is 19.4 Å². The Morgan fingerprint density at radius 2 is 1.62 bits per heavy atom. The Labute approximate surface area is 130 Å². The van der Waals surface area contributed by atoms with Gasteiger partial charge in [0, 0.05) is 24.0 Å². The molecule has 0 saturated heterocycles. The van der Waals surface area contributed by atoms with Gasteiger partial charge in [0.1, 0.15) is 0 Å². The predicted molar refractivity (Wildman–Crippen MR) is 87.1 cm³/mol. The van der Waals surface area contributed by atoms with Gasteiger partial charge in [-0.15, -0.1) is 0 Å². The normalized spacial score (nSPS) is 11.6. The zero-order valence-electron chi connectivity index (χ0n) is 12.4. The summed E-state index contributed by atoms with van der Waals surface area (Å²) in [4.78, 5) is 2.22. The lowest BCUT2D eigenvalue weighted by atomic mass is 10.2. The summed E-state index contributed by atoms with van der Waals surface area (Å²) in [6.45, 7) is 2.07. The van der Waals surface area contributed by atoms with Gasteiger partial charge in [-0.25, -0.2) is 0 Å². The van der Waals surface area contributed by atoms with Gasteiger partial charge in [-0.1, -0.05) is 47.7 Å². The average molecular weight is 322 g/mol. The summed E-state index contributed by atoms with van der Waals surface area (Å²) in [5.74, 6) is 0. The summed E-state index contributed by atoms with van der Waals surface area (Å²) in [7, 11) is -0.223. The van der Waals surface area contributed by atoms with Crippen molar-refractivity contribution in [1.82, 2.24) is 0 Å². The fourth-order valence-corrected chi connectivity index (χ4v) is 4.03. The molecule has 0 aromatic heterocycles. The summed E-state index contributed by atoms with van der Waals surface area (Å²) in [5, 5.41) is 0. The Bertz CT molecular complexity index is 632. The van der Waals surface area contributed by atoms with Gasteiger partial charge in [0.25, 0.3) is 0 Å².